The summed E-state index contributed by atoms with van der Waals surface area (Å²) in [6, 6.07) is 7.85. The third-order valence-corrected chi connectivity index (χ3v) is 3.98. The van der Waals surface area contributed by atoms with Crippen molar-refractivity contribution < 1.29 is 9.90 Å². The number of hydrogen-bond acceptors (Lipinski definition) is 3. The van der Waals surface area contributed by atoms with Crippen LogP contribution in [0.1, 0.15) is 31.9 Å². The van der Waals surface area contributed by atoms with Crippen LogP contribution in [0.25, 0.3) is 0 Å². The fourth-order valence-electron chi connectivity index (χ4n) is 2.78. The maximum absolute atomic E-state index is 11.9. The molecular formula is C15H22N2O2. The molecule has 1 aliphatic rings. The van der Waals surface area contributed by atoms with Gasteiger partial charge in [0.1, 0.15) is 0 Å². The van der Waals surface area contributed by atoms with Crippen molar-refractivity contribution in [2.24, 2.45) is 5.41 Å². The second-order valence-electron chi connectivity index (χ2n) is 5.55. The predicted molar refractivity (Wildman–Crippen MR) is 76.1 cm³/mol. The van der Waals surface area contributed by atoms with Gasteiger partial charge in [0, 0.05) is 31.4 Å². The van der Waals surface area contributed by atoms with Gasteiger partial charge in [-0.3, -0.25) is 4.79 Å². The van der Waals surface area contributed by atoms with Gasteiger partial charge in [-0.25, -0.2) is 0 Å². The van der Waals surface area contributed by atoms with E-state index < -0.39 is 6.10 Å². The molecule has 1 aliphatic heterocycles. The van der Waals surface area contributed by atoms with Gasteiger partial charge >= 0.3 is 0 Å². The zero-order valence-electron chi connectivity index (χ0n) is 11.8. The molecule has 0 spiro atoms. The van der Waals surface area contributed by atoms with Crippen LogP contribution < -0.4 is 10.2 Å². The van der Waals surface area contributed by atoms with E-state index in [0.29, 0.717) is 6.54 Å². The maximum Gasteiger partial charge on any atom is 0.227 e. The predicted octanol–water partition coefficient (Wildman–Crippen LogP) is 1.70. The Hall–Kier alpha value is -1.55. The lowest BCUT2D eigenvalue weighted by atomic mass is 9.89. The monoisotopic (exact) mass is 262 g/mol. The highest BCUT2D eigenvalue weighted by Gasteiger charge is 2.40. The first-order valence-electron chi connectivity index (χ1n) is 6.72. The van der Waals surface area contributed by atoms with Gasteiger partial charge in [-0.1, -0.05) is 18.2 Å². The average molecular weight is 262 g/mol. The molecule has 1 amide bonds. The molecule has 1 heterocycles. The van der Waals surface area contributed by atoms with E-state index >= 15 is 0 Å². The van der Waals surface area contributed by atoms with Gasteiger partial charge in [-0.05, 0) is 26.3 Å². The molecule has 104 valence electrons. The average Bonchev–Trinajstić information content (AvgIpc) is 2.81. The Labute approximate surface area is 114 Å². The maximum atomic E-state index is 11.9. The lowest BCUT2D eigenvalue weighted by Crippen LogP contribution is -2.39. The van der Waals surface area contributed by atoms with E-state index in [-0.39, 0.29) is 11.3 Å². The van der Waals surface area contributed by atoms with E-state index in [9.17, 15) is 9.90 Å². The number of nitrogens with zero attached hydrogens (tertiary/aromatic N) is 1. The molecule has 1 aromatic carbocycles. The van der Waals surface area contributed by atoms with E-state index in [1.807, 2.05) is 31.2 Å². The fourth-order valence-corrected chi connectivity index (χ4v) is 2.78. The lowest BCUT2D eigenvalue weighted by Gasteiger charge is -2.26. The summed E-state index contributed by atoms with van der Waals surface area (Å²) >= 11 is 0. The second-order valence-corrected chi connectivity index (χ2v) is 5.55. The minimum absolute atomic E-state index is 0.0875. The van der Waals surface area contributed by atoms with Crippen molar-refractivity contribution in [1.82, 2.24) is 5.32 Å². The summed E-state index contributed by atoms with van der Waals surface area (Å²) in [4.78, 5) is 14.1. The molecule has 2 N–H and O–H groups in total. The summed E-state index contributed by atoms with van der Waals surface area (Å²) in [7, 11) is 1.68. The van der Waals surface area contributed by atoms with Gasteiger partial charge < -0.3 is 15.3 Å². The Kier molecular flexibility index (Phi) is 3.80. The molecular weight excluding hydrogens is 240 g/mol. The van der Waals surface area contributed by atoms with Crippen LogP contribution in [0.3, 0.4) is 0 Å². The van der Waals surface area contributed by atoms with Gasteiger partial charge in [0.2, 0.25) is 5.91 Å². The van der Waals surface area contributed by atoms with Crippen LogP contribution in [-0.4, -0.2) is 31.2 Å². The minimum atomic E-state index is -0.497. The summed E-state index contributed by atoms with van der Waals surface area (Å²) in [6.07, 6.45) is 0.337. The Balaban J connectivity index is 2.24. The number of carbonyl (C=O) groups excluding carboxylic acids is 1. The number of amides is 1. The van der Waals surface area contributed by atoms with Crippen molar-refractivity contribution in [1.29, 1.82) is 0 Å². The van der Waals surface area contributed by atoms with Crippen LogP contribution in [-0.2, 0) is 4.79 Å². The topological polar surface area (TPSA) is 52.6 Å². The number of hydrogen-bond donors (Lipinski definition) is 2. The first kappa shape index (κ1) is 13.9. The SMILES string of the molecule is CNC(=O)C1(C)CCN(c2ccccc2[C@@H](C)O)C1. The third kappa shape index (κ3) is 2.59. The molecule has 1 aromatic rings. The van der Waals surface area contributed by atoms with Crippen LogP contribution in [0.5, 0.6) is 0 Å². The van der Waals surface area contributed by atoms with E-state index in [4.69, 9.17) is 0 Å². The number of aliphatic hydroxyl groups is 1. The Bertz CT molecular complexity index is 473. The van der Waals surface area contributed by atoms with Crippen molar-refractivity contribution in [3.63, 3.8) is 0 Å². The van der Waals surface area contributed by atoms with Gasteiger partial charge in [-0.15, -0.1) is 0 Å². The van der Waals surface area contributed by atoms with Gasteiger partial charge in [0.05, 0.1) is 11.5 Å². The number of carbonyl (C=O) groups is 1. The molecule has 4 heteroatoms. The van der Waals surface area contributed by atoms with Gasteiger partial charge in [0.15, 0.2) is 0 Å². The van der Waals surface area contributed by atoms with Crippen LogP contribution in [0.4, 0.5) is 5.69 Å². The summed E-state index contributed by atoms with van der Waals surface area (Å²) in [5, 5.41) is 12.6. The standard InChI is InChI=1S/C15H22N2O2/c1-11(18)12-6-4-5-7-13(12)17-9-8-15(2,10-17)14(19)16-3/h4-7,11,18H,8-10H2,1-3H3,(H,16,19)/t11-,15?/m1/s1. The number of benzene rings is 1. The Morgan fingerprint density at radius 1 is 1.47 bits per heavy atom. The van der Waals surface area contributed by atoms with E-state index in [1.165, 1.54) is 0 Å². The van der Waals surface area contributed by atoms with Crippen molar-refractivity contribution in [2.45, 2.75) is 26.4 Å². The minimum Gasteiger partial charge on any atom is -0.389 e. The van der Waals surface area contributed by atoms with Gasteiger partial charge in [-0.2, -0.15) is 0 Å². The summed E-state index contributed by atoms with van der Waals surface area (Å²) < 4.78 is 0. The second kappa shape index (κ2) is 5.21. The summed E-state index contributed by atoms with van der Waals surface area (Å²) in [6.45, 7) is 5.30. The van der Waals surface area contributed by atoms with Crippen LogP contribution in [0.15, 0.2) is 24.3 Å². The first-order chi connectivity index (χ1) is 8.98. The highest BCUT2D eigenvalue weighted by Crippen LogP contribution is 2.36. The number of nitrogens with one attached hydrogen (secondary N) is 1. The Morgan fingerprint density at radius 2 is 2.16 bits per heavy atom. The van der Waals surface area contributed by atoms with Crippen molar-refractivity contribution >= 4 is 11.6 Å². The van der Waals surface area contributed by atoms with E-state index in [0.717, 1.165) is 24.2 Å². The molecule has 0 saturated carbocycles. The van der Waals surface area contributed by atoms with Crippen molar-refractivity contribution in [3.05, 3.63) is 29.8 Å². The third-order valence-electron chi connectivity index (χ3n) is 3.98. The molecule has 0 bridgehead atoms. The Morgan fingerprint density at radius 3 is 2.79 bits per heavy atom. The largest absolute Gasteiger partial charge is 0.389 e. The molecule has 1 saturated heterocycles. The highest BCUT2D eigenvalue weighted by molar-refractivity contribution is 5.83. The zero-order valence-corrected chi connectivity index (χ0v) is 11.8. The molecule has 0 aromatic heterocycles. The van der Waals surface area contributed by atoms with E-state index in [1.54, 1.807) is 14.0 Å². The number of anilines is 1. The van der Waals surface area contributed by atoms with Crippen LogP contribution >= 0.6 is 0 Å². The summed E-state index contributed by atoms with van der Waals surface area (Å²) in [5.41, 5.74) is 1.61. The van der Waals surface area contributed by atoms with Crippen molar-refractivity contribution in [3.8, 4) is 0 Å². The normalized spacial score (nSPS) is 24.3. The quantitative estimate of drug-likeness (QED) is 0.872. The highest BCUT2D eigenvalue weighted by atomic mass is 16.3. The molecule has 1 unspecified atom stereocenters. The molecule has 0 radical (unpaired) electrons. The van der Waals surface area contributed by atoms with Crippen LogP contribution in [0, 0.1) is 5.41 Å². The zero-order chi connectivity index (χ0) is 14.0. The smallest absolute Gasteiger partial charge is 0.227 e. The molecule has 1 fully saturated rings. The number of para-hydroxylation sites is 1. The summed E-state index contributed by atoms with van der Waals surface area (Å²) in [5.74, 6) is 0.0875. The molecule has 19 heavy (non-hydrogen) atoms. The van der Waals surface area contributed by atoms with Gasteiger partial charge in [0.25, 0.3) is 0 Å². The van der Waals surface area contributed by atoms with E-state index in [2.05, 4.69) is 10.2 Å². The lowest BCUT2D eigenvalue weighted by molar-refractivity contribution is -0.128. The van der Waals surface area contributed by atoms with Crippen LogP contribution in [0.2, 0.25) is 0 Å². The molecule has 4 nitrogen and oxygen atoms in total. The first-order valence-corrected chi connectivity index (χ1v) is 6.72. The van der Waals surface area contributed by atoms with Crippen molar-refractivity contribution in [2.75, 3.05) is 25.0 Å². The molecule has 0 aliphatic carbocycles. The molecule has 2 atom stereocenters. The number of aliphatic hydroxyl groups excluding tert-OH is 1. The number of rotatable bonds is 3. The fraction of sp³-hybridized carbons (Fsp3) is 0.533. The molecule has 2 rings (SSSR count).